The van der Waals surface area contributed by atoms with Crippen LogP contribution in [0.5, 0.6) is 11.5 Å². The molecule has 0 saturated heterocycles. The topological polar surface area (TPSA) is 46.5 Å². The SMILES string of the molecule is C=c1ccc2c(c1)Oc1cc(C)ccc1C=2/C=C/C=C\C=C\C(=O)O. The van der Waals surface area contributed by atoms with Crippen molar-refractivity contribution in [3.63, 3.8) is 0 Å². The van der Waals surface area contributed by atoms with E-state index < -0.39 is 5.97 Å². The molecule has 3 nitrogen and oxygen atoms in total. The molecule has 1 heterocycles. The van der Waals surface area contributed by atoms with E-state index in [1.54, 1.807) is 12.2 Å². The lowest BCUT2D eigenvalue weighted by Gasteiger charge is -2.19. The molecule has 3 heteroatoms. The largest absolute Gasteiger partial charge is 0.478 e. The van der Waals surface area contributed by atoms with Crippen molar-refractivity contribution in [2.75, 3.05) is 0 Å². The van der Waals surface area contributed by atoms with Gasteiger partial charge in [0, 0.05) is 16.9 Å². The minimum absolute atomic E-state index is 0.792. The Labute approximate surface area is 146 Å². The number of carbonyl (C=O) groups is 1. The summed E-state index contributed by atoms with van der Waals surface area (Å²) < 4.78 is 6.05. The number of hydrogen-bond acceptors (Lipinski definition) is 2. The lowest BCUT2D eigenvalue weighted by atomic mass is 9.97. The average Bonchev–Trinajstić information content (AvgIpc) is 2.56. The van der Waals surface area contributed by atoms with Gasteiger partial charge in [-0.2, -0.15) is 0 Å². The zero-order valence-electron chi connectivity index (χ0n) is 13.9. The summed E-state index contributed by atoms with van der Waals surface area (Å²) in [7, 11) is 0. The highest BCUT2D eigenvalue weighted by Crippen LogP contribution is 2.33. The number of benzene rings is 2. The number of allylic oxidation sites excluding steroid dienone is 5. The molecule has 1 aliphatic rings. The predicted molar refractivity (Wildman–Crippen MR) is 100 cm³/mol. The Balaban J connectivity index is 2.06. The second kappa shape index (κ2) is 7.05. The van der Waals surface area contributed by atoms with Gasteiger partial charge in [-0.3, -0.25) is 0 Å². The van der Waals surface area contributed by atoms with Crippen LogP contribution in [0.3, 0.4) is 0 Å². The molecule has 3 rings (SSSR count). The first kappa shape index (κ1) is 16.5. The van der Waals surface area contributed by atoms with Crippen LogP contribution in [0.4, 0.5) is 0 Å². The van der Waals surface area contributed by atoms with Gasteiger partial charge in [-0.05, 0) is 35.4 Å². The predicted octanol–water partition coefficient (Wildman–Crippen LogP) is 3.46. The first-order chi connectivity index (χ1) is 12.0. The molecule has 0 fully saturated rings. The number of carboxylic acid groups (broad SMARTS) is 1. The molecule has 1 N–H and O–H groups in total. The summed E-state index contributed by atoms with van der Waals surface area (Å²) in [6, 6.07) is 12.0. The van der Waals surface area contributed by atoms with Crippen molar-refractivity contribution >= 4 is 18.1 Å². The molecule has 0 atom stereocenters. The van der Waals surface area contributed by atoms with Crippen molar-refractivity contribution in [1.29, 1.82) is 0 Å². The molecule has 0 unspecified atom stereocenters. The zero-order chi connectivity index (χ0) is 17.8. The molecular formula is C22H18O3. The molecule has 2 aromatic carbocycles. The number of ether oxygens (including phenoxy) is 1. The maximum atomic E-state index is 10.4. The van der Waals surface area contributed by atoms with Gasteiger partial charge in [0.2, 0.25) is 0 Å². The van der Waals surface area contributed by atoms with Crippen LogP contribution < -0.4 is 15.2 Å². The minimum Gasteiger partial charge on any atom is -0.478 e. The number of rotatable bonds is 4. The lowest BCUT2D eigenvalue weighted by molar-refractivity contribution is -0.131. The normalized spacial score (nSPS) is 13.2. The number of fused-ring (bicyclic) bond motifs is 2. The standard InChI is InChI=1S/C22H18O3/c1-15-9-11-18-17(7-5-3-4-6-8-22(23)24)19-12-10-16(2)14-21(19)25-20(18)13-15/h3-14H,1H2,2H3,(H,23,24)/b4-3-,7-5+,8-6+. The van der Waals surface area contributed by atoms with Gasteiger partial charge in [0.1, 0.15) is 11.5 Å². The fourth-order valence-corrected chi connectivity index (χ4v) is 2.67. The van der Waals surface area contributed by atoms with Crippen molar-refractivity contribution in [3.05, 3.63) is 94.4 Å². The van der Waals surface area contributed by atoms with E-state index in [0.717, 1.165) is 44.7 Å². The summed E-state index contributed by atoms with van der Waals surface area (Å²) in [6.07, 6.45) is 9.95. The Bertz CT molecular complexity index is 1020. The smallest absolute Gasteiger partial charge is 0.328 e. The highest BCUT2D eigenvalue weighted by Gasteiger charge is 2.16. The third-order valence-electron chi connectivity index (χ3n) is 3.82. The van der Waals surface area contributed by atoms with Crippen LogP contribution in [0.2, 0.25) is 0 Å². The maximum absolute atomic E-state index is 10.4. The summed E-state index contributed by atoms with van der Waals surface area (Å²) in [6.45, 7) is 6.00. The minimum atomic E-state index is -0.963. The average molecular weight is 330 g/mol. The Morgan fingerprint density at radius 1 is 1.04 bits per heavy atom. The van der Waals surface area contributed by atoms with Gasteiger partial charge in [0.25, 0.3) is 0 Å². The first-order valence-corrected chi connectivity index (χ1v) is 7.91. The molecule has 0 radical (unpaired) electrons. The Morgan fingerprint density at radius 2 is 1.84 bits per heavy atom. The number of carboxylic acids is 1. The van der Waals surface area contributed by atoms with Gasteiger partial charge in [0.05, 0.1) is 0 Å². The van der Waals surface area contributed by atoms with Gasteiger partial charge in [-0.1, -0.05) is 61.2 Å². The summed E-state index contributed by atoms with van der Waals surface area (Å²) in [4.78, 5) is 10.4. The van der Waals surface area contributed by atoms with Crippen LogP contribution in [0.1, 0.15) is 11.1 Å². The highest BCUT2D eigenvalue weighted by atomic mass is 16.5. The van der Waals surface area contributed by atoms with Crippen LogP contribution in [-0.2, 0) is 4.79 Å². The monoisotopic (exact) mass is 330 g/mol. The second-order valence-electron chi connectivity index (χ2n) is 5.79. The van der Waals surface area contributed by atoms with E-state index >= 15 is 0 Å². The van der Waals surface area contributed by atoms with E-state index in [-0.39, 0.29) is 0 Å². The third kappa shape index (κ3) is 3.78. The van der Waals surface area contributed by atoms with E-state index in [9.17, 15) is 4.79 Å². The Kier molecular flexibility index (Phi) is 4.66. The summed E-state index contributed by atoms with van der Waals surface area (Å²) >= 11 is 0. The van der Waals surface area contributed by atoms with Crippen molar-refractivity contribution < 1.29 is 14.6 Å². The Hall–Kier alpha value is -3.33. The molecule has 25 heavy (non-hydrogen) atoms. The van der Waals surface area contributed by atoms with E-state index in [2.05, 4.69) is 18.7 Å². The van der Waals surface area contributed by atoms with Crippen LogP contribution in [0.25, 0.3) is 12.2 Å². The Morgan fingerprint density at radius 3 is 2.64 bits per heavy atom. The van der Waals surface area contributed by atoms with E-state index in [0.29, 0.717) is 0 Å². The molecule has 0 aromatic heterocycles. The van der Waals surface area contributed by atoms with Crippen molar-refractivity contribution in [3.8, 4) is 11.5 Å². The van der Waals surface area contributed by atoms with Crippen LogP contribution in [0.15, 0.2) is 72.9 Å². The van der Waals surface area contributed by atoms with Gasteiger partial charge < -0.3 is 9.84 Å². The summed E-state index contributed by atoms with van der Waals surface area (Å²) in [5.74, 6) is 0.655. The first-order valence-electron chi connectivity index (χ1n) is 7.91. The van der Waals surface area contributed by atoms with Gasteiger partial charge in [-0.25, -0.2) is 4.79 Å². The molecule has 0 bridgehead atoms. The molecule has 0 saturated carbocycles. The molecule has 0 spiro atoms. The lowest BCUT2D eigenvalue weighted by Crippen LogP contribution is -2.18. The summed E-state index contributed by atoms with van der Waals surface area (Å²) in [5.41, 5.74) is 3.22. The van der Waals surface area contributed by atoms with Crippen LogP contribution in [0, 0.1) is 6.92 Å². The number of hydrogen-bond donors (Lipinski definition) is 1. The molecule has 0 amide bonds. The van der Waals surface area contributed by atoms with E-state index in [4.69, 9.17) is 9.84 Å². The summed E-state index contributed by atoms with van der Waals surface area (Å²) in [5, 5.41) is 10.5. The fourth-order valence-electron chi connectivity index (χ4n) is 2.67. The quantitative estimate of drug-likeness (QED) is 0.690. The number of aliphatic carboxylic acids is 1. The van der Waals surface area contributed by atoms with Gasteiger partial charge in [-0.15, -0.1) is 0 Å². The third-order valence-corrected chi connectivity index (χ3v) is 3.82. The van der Waals surface area contributed by atoms with Gasteiger partial charge >= 0.3 is 5.97 Å². The van der Waals surface area contributed by atoms with Crippen molar-refractivity contribution in [1.82, 2.24) is 0 Å². The molecule has 1 aliphatic heterocycles. The van der Waals surface area contributed by atoms with Gasteiger partial charge in [0.15, 0.2) is 0 Å². The van der Waals surface area contributed by atoms with Crippen molar-refractivity contribution in [2.45, 2.75) is 6.92 Å². The molecular weight excluding hydrogens is 312 g/mol. The van der Waals surface area contributed by atoms with E-state index in [1.165, 1.54) is 6.08 Å². The zero-order valence-corrected chi connectivity index (χ0v) is 13.9. The van der Waals surface area contributed by atoms with Crippen LogP contribution >= 0.6 is 0 Å². The van der Waals surface area contributed by atoms with Crippen molar-refractivity contribution in [2.24, 2.45) is 0 Å². The van der Waals surface area contributed by atoms with Crippen LogP contribution in [-0.4, -0.2) is 11.1 Å². The molecule has 2 aromatic rings. The molecule has 0 aliphatic carbocycles. The highest BCUT2D eigenvalue weighted by molar-refractivity contribution is 5.81. The second-order valence-corrected chi connectivity index (χ2v) is 5.79. The van der Waals surface area contributed by atoms with E-state index in [1.807, 2.05) is 43.3 Å². The number of aryl methyl sites for hydroxylation is 1. The molecule has 124 valence electrons. The maximum Gasteiger partial charge on any atom is 0.328 e. The fraction of sp³-hybridized carbons (Fsp3) is 0.0455.